The maximum Gasteiger partial charge on any atom is 0.228 e. The highest BCUT2D eigenvalue weighted by atomic mass is 35.5. The molecule has 1 amide bonds. The summed E-state index contributed by atoms with van der Waals surface area (Å²) in [5.74, 6) is 0.873. The van der Waals surface area contributed by atoms with Crippen LogP contribution in [-0.4, -0.2) is 29.2 Å². The number of anilines is 1. The molecule has 1 saturated heterocycles. The Balaban J connectivity index is 2.16. The van der Waals surface area contributed by atoms with Gasteiger partial charge in [-0.3, -0.25) is 14.8 Å². The van der Waals surface area contributed by atoms with Crippen molar-refractivity contribution in [3.63, 3.8) is 0 Å². The lowest BCUT2D eigenvalue weighted by Gasteiger charge is -2.11. The van der Waals surface area contributed by atoms with E-state index in [0.29, 0.717) is 30.5 Å². The number of nitrogens with two attached hydrogens (primary N) is 1. The fraction of sp³-hybridized carbons (Fsp3) is 0.500. The number of aromatic nitrogens is 2. The van der Waals surface area contributed by atoms with Crippen molar-refractivity contribution in [2.24, 2.45) is 11.7 Å². The topological polar surface area (TPSA) is 75.0 Å². The van der Waals surface area contributed by atoms with E-state index in [1.54, 1.807) is 11.0 Å². The van der Waals surface area contributed by atoms with Crippen molar-refractivity contribution in [3.8, 4) is 0 Å². The van der Waals surface area contributed by atoms with Gasteiger partial charge in [0, 0.05) is 19.0 Å². The molecule has 1 fully saturated rings. The number of amides is 1. The van der Waals surface area contributed by atoms with E-state index < -0.39 is 0 Å². The van der Waals surface area contributed by atoms with Gasteiger partial charge in [0.15, 0.2) is 5.82 Å². The summed E-state index contributed by atoms with van der Waals surface area (Å²) in [7, 11) is 0. The number of nitrogens with one attached hydrogen (secondary N) is 1. The molecule has 2 rings (SSSR count). The van der Waals surface area contributed by atoms with Gasteiger partial charge < -0.3 is 5.73 Å². The maximum atomic E-state index is 11.5. The van der Waals surface area contributed by atoms with Gasteiger partial charge in [-0.2, -0.15) is 5.10 Å². The molecule has 0 aliphatic carbocycles. The number of carbonyl (C=O) groups is 1. The van der Waals surface area contributed by atoms with Crippen LogP contribution in [0.4, 0.5) is 5.82 Å². The molecule has 0 bridgehead atoms. The first-order chi connectivity index (χ1) is 6.70. The number of carbonyl (C=O) groups excluding carboxylic acids is 1. The number of H-pyrrole nitrogens is 1. The van der Waals surface area contributed by atoms with Crippen molar-refractivity contribution in [2.75, 3.05) is 18.0 Å². The summed E-state index contributed by atoms with van der Waals surface area (Å²) >= 11 is 5.68. The molecule has 0 saturated carbocycles. The number of rotatable bonds is 2. The summed E-state index contributed by atoms with van der Waals surface area (Å²) in [6.07, 6.45) is 0.501. The lowest BCUT2D eigenvalue weighted by molar-refractivity contribution is -0.117. The molecular formula is C8H11ClN4O. The lowest BCUT2D eigenvalue weighted by atomic mass is 10.1. The lowest BCUT2D eigenvalue weighted by Crippen LogP contribution is -2.25. The molecule has 1 atom stereocenters. The second-order valence-electron chi connectivity index (χ2n) is 3.38. The Morgan fingerprint density at radius 3 is 3.07 bits per heavy atom. The number of nitrogens with zero attached hydrogens (tertiary/aromatic N) is 2. The largest absolute Gasteiger partial charge is 0.330 e. The van der Waals surface area contributed by atoms with Crippen LogP contribution < -0.4 is 10.6 Å². The summed E-state index contributed by atoms with van der Waals surface area (Å²) in [6.45, 7) is 1.16. The smallest absolute Gasteiger partial charge is 0.228 e. The minimum Gasteiger partial charge on any atom is -0.330 e. The van der Waals surface area contributed by atoms with Crippen molar-refractivity contribution in [2.45, 2.75) is 6.42 Å². The second kappa shape index (κ2) is 3.59. The van der Waals surface area contributed by atoms with E-state index >= 15 is 0 Å². The van der Waals surface area contributed by atoms with Crippen molar-refractivity contribution < 1.29 is 4.79 Å². The maximum absolute atomic E-state index is 11.5. The quantitative estimate of drug-likeness (QED) is 0.747. The van der Waals surface area contributed by atoms with Crippen LogP contribution in [0.2, 0.25) is 5.15 Å². The normalized spacial score (nSPS) is 22.0. The first-order valence-corrected chi connectivity index (χ1v) is 4.80. The molecule has 14 heavy (non-hydrogen) atoms. The Bertz CT molecular complexity index is 351. The Labute approximate surface area is 86.2 Å². The minimum atomic E-state index is 0.0589. The zero-order valence-electron chi connectivity index (χ0n) is 7.53. The van der Waals surface area contributed by atoms with E-state index in [1.807, 2.05) is 0 Å². The SMILES string of the molecule is NCC1CC(=O)N(c2cc(Cl)[nH]n2)C1. The average molecular weight is 215 g/mol. The fourth-order valence-corrected chi connectivity index (χ4v) is 1.73. The second-order valence-corrected chi connectivity index (χ2v) is 3.79. The molecule has 1 aliphatic rings. The standard InChI is InChI=1S/C8H11ClN4O/c9-6-2-7(12-11-6)13-4-5(3-10)1-8(13)14/h2,5H,1,3-4,10H2,(H,11,12). The van der Waals surface area contributed by atoms with Gasteiger partial charge in [-0.1, -0.05) is 11.6 Å². The van der Waals surface area contributed by atoms with Crippen LogP contribution in [0.15, 0.2) is 6.07 Å². The van der Waals surface area contributed by atoms with Crippen LogP contribution in [0.3, 0.4) is 0 Å². The van der Waals surface area contributed by atoms with Gasteiger partial charge in [-0.05, 0) is 12.5 Å². The van der Waals surface area contributed by atoms with Crippen LogP contribution in [0.5, 0.6) is 0 Å². The Morgan fingerprint density at radius 1 is 1.79 bits per heavy atom. The van der Waals surface area contributed by atoms with Crippen LogP contribution in [0, 0.1) is 5.92 Å². The Kier molecular flexibility index (Phi) is 2.43. The first-order valence-electron chi connectivity index (χ1n) is 4.42. The number of hydrogen-bond acceptors (Lipinski definition) is 3. The van der Waals surface area contributed by atoms with Gasteiger partial charge >= 0.3 is 0 Å². The molecule has 1 unspecified atom stereocenters. The summed E-state index contributed by atoms with van der Waals surface area (Å²) in [4.78, 5) is 13.1. The van der Waals surface area contributed by atoms with Gasteiger partial charge in [0.2, 0.25) is 5.91 Å². The molecule has 6 heteroatoms. The van der Waals surface area contributed by atoms with Crippen molar-refractivity contribution in [1.82, 2.24) is 10.2 Å². The van der Waals surface area contributed by atoms with Gasteiger partial charge in [0.1, 0.15) is 5.15 Å². The molecule has 1 aromatic rings. The third-order valence-corrected chi connectivity index (χ3v) is 2.54. The van der Waals surface area contributed by atoms with Gasteiger partial charge in [-0.15, -0.1) is 0 Å². The average Bonchev–Trinajstić information content (AvgIpc) is 2.71. The van der Waals surface area contributed by atoms with Crippen LogP contribution in [0.1, 0.15) is 6.42 Å². The molecule has 1 aromatic heterocycles. The summed E-state index contributed by atoms with van der Waals surface area (Å²) in [6, 6.07) is 1.64. The van der Waals surface area contributed by atoms with Crippen LogP contribution in [-0.2, 0) is 4.79 Å². The zero-order chi connectivity index (χ0) is 10.1. The number of hydrogen-bond donors (Lipinski definition) is 2. The van der Waals surface area contributed by atoms with Crippen LogP contribution in [0.25, 0.3) is 0 Å². The van der Waals surface area contributed by atoms with E-state index in [-0.39, 0.29) is 11.8 Å². The third-order valence-electron chi connectivity index (χ3n) is 2.35. The Morgan fingerprint density at radius 2 is 2.57 bits per heavy atom. The highest BCUT2D eigenvalue weighted by Gasteiger charge is 2.30. The monoisotopic (exact) mass is 214 g/mol. The van der Waals surface area contributed by atoms with Crippen molar-refractivity contribution in [3.05, 3.63) is 11.2 Å². The summed E-state index contributed by atoms with van der Waals surface area (Å²) < 4.78 is 0. The molecule has 0 aromatic carbocycles. The Hall–Kier alpha value is -1.07. The number of aromatic amines is 1. The van der Waals surface area contributed by atoms with Crippen LogP contribution >= 0.6 is 11.6 Å². The van der Waals surface area contributed by atoms with E-state index in [9.17, 15) is 4.79 Å². The molecule has 76 valence electrons. The van der Waals surface area contributed by atoms with E-state index in [0.717, 1.165) is 0 Å². The van der Waals surface area contributed by atoms with Crippen molar-refractivity contribution >= 4 is 23.3 Å². The molecule has 0 spiro atoms. The predicted octanol–water partition coefficient (Wildman–Crippen LogP) is 0.375. The first kappa shape index (κ1) is 9.48. The summed E-state index contributed by atoms with van der Waals surface area (Å²) in [5.41, 5.74) is 5.51. The minimum absolute atomic E-state index is 0.0589. The molecule has 2 heterocycles. The highest BCUT2D eigenvalue weighted by Crippen LogP contribution is 2.24. The number of halogens is 1. The van der Waals surface area contributed by atoms with E-state index in [4.69, 9.17) is 17.3 Å². The molecule has 5 nitrogen and oxygen atoms in total. The summed E-state index contributed by atoms with van der Waals surface area (Å²) in [5, 5.41) is 6.95. The van der Waals surface area contributed by atoms with E-state index in [2.05, 4.69) is 10.2 Å². The molecule has 0 radical (unpaired) electrons. The van der Waals surface area contributed by atoms with E-state index in [1.165, 1.54) is 0 Å². The molecule has 1 aliphatic heterocycles. The highest BCUT2D eigenvalue weighted by molar-refractivity contribution is 6.29. The fourth-order valence-electron chi connectivity index (χ4n) is 1.59. The molecular weight excluding hydrogens is 204 g/mol. The third kappa shape index (κ3) is 1.60. The van der Waals surface area contributed by atoms with Gasteiger partial charge in [-0.25, -0.2) is 0 Å². The van der Waals surface area contributed by atoms with Crippen molar-refractivity contribution in [1.29, 1.82) is 0 Å². The zero-order valence-corrected chi connectivity index (χ0v) is 8.29. The van der Waals surface area contributed by atoms with Gasteiger partial charge in [0.25, 0.3) is 0 Å². The van der Waals surface area contributed by atoms with Gasteiger partial charge in [0.05, 0.1) is 0 Å². The molecule has 3 N–H and O–H groups in total. The predicted molar refractivity (Wildman–Crippen MR) is 53.1 cm³/mol.